The first kappa shape index (κ1) is 29.0. The molecule has 2 aliphatic heterocycles. The highest BCUT2D eigenvalue weighted by atomic mass is 79.9. The number of aromatic nitrogens is 1. The summed E-state index contributed by atoms with van der Waals surface area (Å²) in [5, 5.41) is 2.55. The van der Waals surface area contributed by atoms with Gasteiger partial charge < -0.3 is 24.5 Å². The van der Waals surface area contributed by atoms with E-state index in [-0.39, 0.29) is 29.2 Å². The van der Waals surface area contributed by atoms with E-state index in [0.29, 0.717) is 48.6 Å². The summed E-state index contributed by atoms with van der Waals surface area (Å²) in [7, 11) is 3.10. The van der Waals surface area contributed by atoms with Crippen molar-refractivity contribution in [2.75, 3.05) is 31.0 Å². The molecule has 3 heterocycles. The maximum Gasteiger partial charge on any atom is 0.305 e. The number of thiazole rings is 1. The molecular formula is C30H24BrN3O7S2. The SMILES string of the molecule is COc1ccc(NC(=O)COc2ccc(Br)cc2[C@H]2c3sc(=O)[nH]c3SC3C(=O)N(c4ccc(OC)cc4)C(=O)C32)cc1. The Kier molecular flexibility index (Phi) is 8.03. The molecule has 0 radical (unpaired) electrons. The van der Waals surface area contributed by atoms with Gasteiger partial charge in [-0.3, -0.25) is 19.2 Å². The van der Waals surface area contributed by atoms with Gasteiger partial charge in [0.25, 0.3) is 5.91 Å². The van der Waals surface area contributed by atoms with Crippen molar-refractivity contribution in [3.05, 3.63) is 91.3 Å². The lowest BCUT2D eigenvalue weighted by Gasteiger charge is -2.31. The molecule has 1 aromatic heterocycles. The van der Waals surface area contributed by atoms with Gasteiger partial charge in [-0.05, 0) is 66.7 Å². The minimum Gasteiger partial charge on any atom is -0.497 e. The molecule has 0 aliphatic carbocycles. The molecule has 3 aromatic carbocycles. The minimum absolute atomic E-state index is 0.286. The highest BCUT2D eigenvalue weighted by Gasteiger charge is 2.56. The molecule has 2 unspecified atom stereocenters. The molecule has 10 nitrogen and oxygen atoms in total. The van der Waals surface area contributed by atoms with Crippen molar-refractivity contribution in [2.45, 2.75) is 16.2 Å². The molecule has 4 aromatic rings. The van der Waals surface area contributed by atoms with Gasteiger partial charge in [-0.2, -0.15) is 0 Å². The first-order valence-electron chi connectivity index (χ1n) is 13.0. The number of thioether (sulfide) groups is 1. The van der Waals surface area contributed by atoms with Crippen molar-refractivity contribution in [1.82, 2.24) is 4.98 Å². The first-order valence-corrected chi connectivity index (χ1v) is 15.5. The van der Waals surface area contributed by atoms with Crippen LogP contribution in [0.5, 0.6) is 17.2 Å². The van der Waals surface area contributed by atoms with E-state index in [4.69, 9.17) is 14.2 Å². The number of rotatable bonds is 8. The highest BCUT2D eigenvalue weighted by molar-refractivity contribution is 9.10. The molecule has 1 fully saturated rings. The lowest BCUT2D eigenvalue weighted by atomic mass is 9.82. The molecule has 2 aliphatic rings. The second-order valence-corrected chi connectivity index (χ2v) is 12.8. The Bertz CT molecular complexity index is 1770. The van der Waals surface area contributed by atoms with E-state index in [1.807, 2.05) is 0 Å². The molecule has 1 saturated heterocycles. The Balaban J connectivity index is 1.33. The highest BCUT2D eigenvalue weighted by Crippen LogP contribution is 2.54. The van der Waals surface area contributed by atoms with Crippen molar-refractivity contribution in [3.63, 3.8) is 0 Å². The Labute approximate surface area is 262 Å². The normalized spacial score (nSPS) is 19.0. The zero-order valence-electron chi connectivity index (χ0n) is 22.8. The smallest absolute Gasteiger partial charge is 0.305 e. The fourth-order valence-electron chi connectivity index (χ4n) is 5.25. The molecule has 3 atom stereocenters. The van der Waals surface area contributed by atoms with Crippen molar-refractivity contribution in [1.29, 1.82) is 0 Å². The third-order valence-electron chi connectivity index (χ3n) is 7.19. The van der Waals surface area contributed by atoms with Gasteiger partial charge in [0.2, 0.25) is 11.8 Å². The summed E-state index contributed by atoms with van der Waals surface area (Å²) in [6.07, 6.45) is 0. The first-order chi connectivity index (χ1) is 20.8. The standard InChI is InChI=1S/C30H24BrN3O7S2/c1-39-18-8-4-16(5-9-18)32-22(35)14-41-21-12-3-15(31)13-20(21)23-24-26(42-27-25(23)43-30(38)33-27)29(37)34(28(24)36)17-6-10-19(40-2)11-7-17/h3-13,23-24,26H,14H2,1-2H3,(H,32,35)(H,33,38)/t23-,24?,26?/m1/s1. The van der Waals surface area contributed by atoms with E-state index in [1.54, 1.807) is 73.8 Å². The lowest BCUT2D eigenvalue weighted by Crippen LogP contribution is -2.32. The number of methoxy groups -OCH3 is 2. The molecule has 43 heavy (non-hydrogen) atoms. The molecular weight excluding hydrogens is 658 g/mol. The molecule has 13 heteroatoms. The second kappa shape index (κ2) is 11.9. The third-order valence-corrected chi connectivity index (χ3v) is 10.1. The van der Waals surface area contributed by atoms with Gasteiger partial charge in [0.15, 0.2) is 6.61 Å². The van der Waals surface area contributed by atoms with E-state index >= 15 is 0 Å². The molecule has 220 valence electrons. The minimum atomic E-state index is -0.816. The van der Waals surface area contributed by atoms with E-state index < -0.39 is 17.1 Å². The number of fused-ring (bicyclic) bond motifs is 2. The van der Waals surface area contributed by atoms with Crippen LogP contribution < -0.4 is 29.3 Å². The van der Waals surface area contributed by atoms with Gasteiger partial charge in [0.1, 0.15) is 22.5 Å². The number of halogens is 1. The van der Waals surface area contributed by atoms with Crippen molar-refractivity contribution in [2.24, 2.45) is 5.92 Å². The van der Waals surface area contributed by atoms with Gasteiger partial charge in [0.05, 0.1) is 30.9 Å². The fourth-order valence-corrected chi connectivity index (χ4v) is 8.13. The number of ether oxygens (including phenoxy) is 3. The summed E-state index contributed by atoms with van der Waals surface area (Å²) in [5.41, 5.74) is 1.59. The quantitative estimate of drug-likeness (QED) is 0.248. The van der Waals surface area contributed by atoms with Crippen LogP contribution in [0.1, 0.15) is 16.4 Å². The van der Waals surface area contributed by atoms with Gasteiger partial charge in [0, 0.05) is 26.5 Å². The van der Waals surface area contributed by atoms with E-state index in [1.165, 1.54) is 23.8 Å². The number of benzene rings is 3. The number of anilines is 2. The van der Waals surface area contributed by atoms with Gasteiger partial charge in [-0.1, -0.05) is 39.0 Å². The predicted molar refractivity (Wildman–Crippen MR) is 167 cm³/mol. The number of carbonyl (C=O) groups excluding carboxylic acids is 3. The number of imide groups is 1. The number of hydrogen-bond acceptors (Lipinski definition) is 9. The average molecular weight is 683 g/mol. The van der Waals surface area contributed by atoms with Crippen LogP contribution >= 0.6 is 39.0 Å². The van der Waals surface area contributed by atoms with Crippen molar-refractivity contribution in [3.8, 4) is 17.2 Å². The number of amides is 3. The van der Waals surface area contributed by atoms with Gasteiger partial charge >= 0.3 is 4.87 Å². The number of nitrogens with one attached hydrogen (secondary N) is 2. The number of carbonyl (C=O) groups is 3. The fraction of sp³-hybridized carbons (Fsp3) is 0.200. The van der Waals surface area contributed by atoms with Gasteiger partial charge in [-0.15, -0.1) is 0 Å². The van der Waals surface area contributed by atoms with E-state index in [9.17, 15) is 19.2 Å². The Morgan fingerprint density at radius 3 is 2.30 bits per heavy atom. The zero-order chi connectivity index (χ0) is 30.2. The maximum atomic E-state index is 14.1. The monoisotopic (exact) mass is 681 g/mol. The molecule has 2 N–H and O–H groups in total. The summed E-state index contributed by atoms with van der Waals surface area (Å²) >= 11 is 5.70. The number of aromatic amines is 1. The third kappa shape index (κ3) is 5.55. The lowest BCUT2D eigenvalue weighted by molar-refractivity contribution is -0.122. The van der Waals surface area contributed by atoms with Crippen LogP contribution in [0, 0.1) is 5.92 Å². The Hall–Kier alpha value is -4.07. The summed E-state index contributed by atoms with van der Waals surface area (Å²) in [4.78, 5) is 57.5. The van der Waals surface area contributed by atoms with Crippen LogP contribution in [-0.4, -0.2) is 48.8 Å². The van der Waals surface area contributed by atoms with Crippen LogP contribution in [0.15, 0.2) is 81.0 Å². The zero-order valence-corrected chi connectivity index (χ0v) is 26.0. The molecule has 0 saturated carbocycles. The summed E-state index contributed by atoms with van der Waals surface area (Å²) < 4.78 is 17.1. The van der Waals surface area contributed by atoms with Crippen LogP contribution in [0.2, 0.25) is 0 Å². The van der Waals surface area contributed by atoms with Crippen LogP contribution in [0.3, 0.4) is 0 Å². The average Bonchev–Trinajstić information content (AvgIpc) is 3.50. The molecule has 0 spiro atoms. The van der Waals surface area contributed by atoms with Crippen molar-refractivity contribution >= 4 is 68.1 Å². The van der Waals surface area contributed by atoms with Crippen LogP contribution in [-0.2, 0) is 14.4 Å². The largest absolute Gasteiger partial charge is 0.497 e. The molecule has 3 amide bonds. The van der Waals surface area contributed by atoms with Gasteiger partial charge in [-0.25, -0.2) is 4.90 Å². The predicted octanol–water partition coefficient (Wildman–Crippen LogP) is 5.03. The molecule has 0 bridgehead atoms. The molecule has 6 rings (SSSR count). The Morgan fingerprint density at radius 1 is 0.953 bits per heavy atom. The second-order valence-electron chi connectivity index (χ2n) is 9.71. The topological polar surface area (TPSA) is 127 Å². The maximum absolute atomic E-state index is 14.1. The summed E-state index contributed by atoms with van der Waals surface area (Å²) in [5.74, 6) is -1.02. The number of hydrogen-bond donors (Lipinski definition) is 2. The van der Waals surface area contributed by atoms with E-state index in [0.717, 1.165) is 11.3 Å². The van der Waals surface area contributed by atoms with Crippen molar-refractivity contribution < 1.29 is 28.6 Å². The number of nitrogens with zero attached hydrogens (tertiary/aromatic N) is 1. The summed E-state index contributed by atoms with van der Waals surface area (Å²) in [6.45, 7) is -0.308. The van der Waals surface area contributed by atoms with Crippen LogP contribution in [0.4, 0.5) is 11.4 Å². The van der Waals surface area contributed by atoms with E-state index in [2.05, 4.69) is 26.2 Å². The summed E-state index contributed by atoms with van der Waals surface area (Å²) in [6, 6.07) is 18.9. The number of H-pyrrole nitrogens is 1. The Morgan fingerprint density at radius 2 is 1.63 bits per heavy atom. The van der Waals surface area contributed by atoms with Crippen LogP contribution in [0.25, 0.3) is 0 Å².